The Labute approximate surface area is 170 Å². The molecule has 0 saturated heterocycles. The molecule has 1 atom stereocenters. The van der Waals surface area contributed by atoms with Crippen LogP contribution in [0.3, 0.4) is 0 Å². The second-order valence-corrected chi connectivity index (χ2v) is 7.16. The average molecular weight is 403 g/mol. The fourth-order valence-electron chi connectivity index (χ4n) is 3.96. The second-order valence-electron chi connectivity index (χ2n) is 7.16. The first-order valence-corrected chi connectivity index (χ1v) is 9.40. The molecule has 1 amide bonds. The van der Waals surface area contributed by atoms with Crippen LogP contribution in [0.15, 0.2) is 82.0 Å². The molecule has 4 nitrogen and oxygen atoms in total. The molecule has 1 aromatic heterocycles. The third kappa shape index (κ3) is 2.80. The quantitative estimate of drug-likeness (QED) is 0.493. The van der Waals surface area contributed by atoms with Crippen LogP contribution >= 0.6 is 0 Å². The van der Waals surface area contributed by atoms with Gasteiger partial charge in [-0.2, -0.15) is 0 Å². The van der Waals surface area contributed by atoms with Crippen LogP contribution in [0.1, 0.15) is 33.3 Å². The Hall–Kier alpha value is -3.80. The van der Waals surface area contributed by atoms with Gasteiger partial charge in [-0.3, -0.25) is 9.59 Å². The summed E-state index contributed by atoms with van der Waals surface area (Å²) in [7, 11) is 0. The molecule has 3 aromatic carbocycles. The van der Waals surface area contributed by atoms with Crippen molar-refractivity contribution in [3.05, 3.63) is 117 Å². The zero-order valence-electron chi connectivity index (χ0n) is 15.6. The van der Waals surface area contributed by atoms with E-state index in [-0.39, 0.29) is 34.4 Å². The summed E-state index contributed by atoms with van der Waals surface area (Å²) in [5.41, 5.74) is 0.607. The van der Waals surface area contributed by atoms with Gasteiger partial charge in [0.25, 0.3) is 5.91 Å². The molecule has 4 aromatic rings. The highest BCUT2D eigenvalue weighted by Gasteiger charge is 2.43. The van der Waals surface area contributed by atoms with Crippen LogP contribution < -0.4 is 5.43 Å². The number of hydrogen-bond donors (Lipinski definition) is 0. The first kappa shape index (κ1) is 18.2. The van der Waals surface area contributed by atoms with Crippen LogP contribution in [0, 0.1) is 11.6 Å². The first-order valence-electron chi connectivity index (χ1n) is 9.40. The van der Waals surface area contributed by atoms with Gasteiger partial charge in [0, 0.05) is 12.1 Å². The highest BCUT2D eigenvalue weighted by atomic mass is 19.1. The lowest BCUT2D eigenvalue weighted by atomic mass is 9.97. The summed E-state index contributed by atoms with van der Waals surface area (Å²) in [4.78, 5) is 28.0. The molecule has 0 unspecified atom stereocenters. The molecule has 0 saturated carbocycles. The SMILES string of the molecule is O=C1c2oc3ccc(F)cc3c(=O)c2[C@@H](c2ccccc2F)N1Cc1ccccc1. The average Bonchev–Trinajstić information content (AvgIpc) is 3.02. The maximum atomic E-state index is 14.8. The van der Waals surface area contributed by atoms with Gasteiger partial charge < -0.3 is 9.32 Å². The predicted octanol–water partition coefficient (Wildman–Crippen LogP) is 4.82. The van der Waals surface area contributed by atoms with Gasteiger partial charge in [0.15, 0.2) is 5.43 Å². The van der Waals surface area contributed by atoms with E-state index in [0.29, 0.717) is 0 Å². The van der Waals surface area contributed by atoms with Crippen molar-refractivity contribution in [1.29, 1.82) is 0 Å². The third-order valence-electron chi connectivity index (χ3n) is 5.32. The van der Waals surface area contributed by atoms with E-state index < -0.39 is 29.0 Å². The molecule has 0 aliphatic carbocycles. The summed E-state index contributed by atoms with van der Waals surface area (Å²) in [6.45, 7) is 0.160. The van der Waals surface area contributed by atoms with Crippen LogP contribution in [0.5, 0.6) is 0 Å². The van der Waals surface area contributed by atoms with Gasteiger partial charge in [0.05, 0.1) is 17.0 Å². The summed E-state index contributed by atoms with van der Waals surface area (Å²) in [5.74, 6) is -1.78. The molecular weight excluding hydrogens is 388 g/mol. The van der Waals surface area contributed by atoms with Crippen LogP contribution in [0.4, 0.5) is 8.78 Å². The van der Waals surface area contributed by atoms with Crippen molar-refractivity contribution in [2.24, 2.45) is 0 Å². The van der Waals surface area contributed by atoms with E-state index in [1.807, 2.05) is 30.3 Å². The van der Waals surface area contributed by atoms with Crippen LogP contribution in [0.2, 0.25) is 0 Å². The van der Waals surface area contributed by atoms with Gasteiger partial charge in [0.1, 0.15) is 17.2 Å². The van der Waals surface area contributed by atoms with E-state index in [9.17, 15) is 18.4 Å². The van der Waals surface area contributed by atoms with Crippen molar-refractivity contribution >= 4 is 16.9 Å². The standard InChI is InChI=1S/C24H15F2NO3/c25-15-10-11-19-17(12-15)22(28)20-21(16-8-4-5-9-18(16)26)27(24(29)23(20)30-19)13-14-6-2-1-3-7-14/h1-12,21H,13H2/t21-/m1/s1. The van der Waals surface area contributed by atoms with E-state index in [4.69, 9.17) is 4.42 Å². The smallest absolute Gasteiger partial charge is 0.291 e. The van der Waals surface area contributed by atoms with Crippen molar-refractivity contribution in [2.75, 3.05) is 0 Å². The number of halogens is 2. The monoisotopic (exact) mass is 403 g/mol. The molecule has 148 valence electrons. The summed E-state index contributed by atoms with van der Waals surface area (Å²) < 4.78 is 34.3. The third-order valence-corrected chi connectivity index (χ3v) is 5.32. The number of carbonyl (C=O) groups is 1. The van der Waals surface area contributed by atoms with Crippen molar-refractivity contribution in [1.82, 2.24) is 4.90 Å². The van der Waals surface area contributed by atoms with E-state index in [2.05, 4.69) is 0 Å². The lowest BCUT2D eigenvalue weighted by Crippen LogP contribution is -2.29. The Morgan fingerprint density at radius 2 is 1.63 bits per heavy atom. The Bertz CT molecular complexity index is 1350. The summed E-state index contributed by atoms with van der Waals surface area (Å²) in [6.07, 6.45) is 0. The number of carbonyl (C=O) groups excluding carboxylic acids is 1. The number of rotatable bonds is 3. The number of hydrogen-bond acceptors (Lipinski definition) is 3. The largest absolute Gasteiger partial charge is 0.450 e. The first-order chi connectivity index (χ1) is 14.5. The summed E-state index contributed by atoms with van der Waals surface area (Å²) in [6, 6.07) is 17.8. The molecule has 6 heteroatoms. The van der Waals surface area contributed by atoms with Crippen molar-refractivity contribution in [2.45, 2.75) is 12.6 Å². The minimum absolute atomic E-state index is 0.0180. The van der Waals surface area contributed by atoms with Gasteiger partial charge in [-0.25, -0.2) is 8.78 Å². The zero-order valence-corrected chi connectivity index (χ0v) is 15.6. The van der Waals surface area contributed by atoms with E-state index in [1.54, 1.807) is 6.07 Å². The number of amides is 1. The summed E-state index contributed by atoms with van der Waals surface area (Å²) >= 11 is 0. The van der Waals surface area contributed by atoms with Crippen LogP contribution in [-0.2, 0) is 6.54 Å². The van der Waals surface area contributed by atoms with Gasteiger partial charge in [-0.1, -0.05) is 48.5 Å². The molecule has 0 bridgehead atoms. The van der Waals surface area contributed by atoms with Gasteiger partial charge in [-0.15, -0.1) is 0 Å². The fraction of sp³-hybridized carbons (Fsp3) is 0.0833. The maximum Gasteiger partial charge on any atom is 0.291 e. The molecule has 1 aliphatic heterocycles. The van der Waals surface area contributed by atoms with E-state index in [0.717, 1.165) is 17.7 Å². The van der Waals surface area contributed by atoms with E-state index in [1.165, 1.54) is 29.2 Å². The molecule has 0 N–H and O–H groups in total. The number of nitrogens with zero attached hydrogens (tertiary/aromatic N) is 1. The minimum Gasteiger partial charge on any atom is -0.450 e. The lowest BCUT2D eigenvalue weighted by Gasteiger charge is -2.25. The van der Waals surface area contributed by atoms with Gasteiger partial charge in [-0.05, 0) is 29.8 Å². The van der Waals surface area contributed by atoms with Crippen LogP contribution in [-0.4, -0.2) is 10.8 Å². The Kier molecular flexibility index (Phi) is 4.20. The maximum absolute atomic E-state index is 14.8. The Balaban J connectivity index is 1.77. The van der Waals surface area contributed by atoms with Gasteiger partial charge in [0.2, 0.25) is 5.76 Å². The lowest BCUT2D eigenvalue weighted by molar-refractivity contribution is 0.0712. The number of benzene rings is 3. The number of fused-ring (bicyclic) bond motifs is 2. The molecule has 5 rings (SSSR count). The Morgan fingerprint density at radius 3 is 2.40 bits per heavy atom. The minimum atomic E-state index is -0.974. The van der Waals surface area contributed by atoms with Crippen molar-refractivity contribution in [3.63, 3.8) is 0 Å². The zero-order chi connectivity index (χ0) is 20.8. The normalized spacial score (nSPS) is 15.6. The van der Waals surface area contributed by atoms with Crippen LogP contribution in [0.25, 0.3) is 11.0 Å². The Morgan fingerprint density at radius 1 is 0.900 bits per heavy atom. The molecular formula is C24H15F2NO3. The highest BCUT2D eigenvalue weighted by Crippen LogP contribution is 2.39. The molecule has 0 fully saturated rings. The van der Waals surface area contributed by atoms with Crippen molar-refractivity contribution < 1.29 is 18.0 Å². The molecule has 0 spiro atoms. The highest BCUT2D eigenvalue weighted by molar-refractivity contribution is 5.99. The fourth-order valence-corrected chi connectivity index (χ4v) is 3.96. The molecule has 30 heavy (non-hydrogen) atoms. The summed E-state index contributed by atoms with van der Waals surface area (Å²) in [5, 5.41) is 0.0180. The van der Waals surface area contributed by atoms with Gasteiger partial charge >= 0.3 is 0 Å². The topological polar surface area (TPSA) is 50.5 Å². The molecule has 0 radical (unpaired) electrons. The molecule has 1 aliphatic rings. The molecule has 2 heterocycles. The van der Waals surface area contributed by atoms with E-state index >= 15 is 0 Å². The second kappa shape index (κ2) is 6.91. The van der Waals surface area contributed by atoms with Crippen molar-refractivity contribution in [3.8, 4) is 0 Å². The predicted molar refractivity (Wildman–Crippen MR) is 107 cm³/mol.